The zero-order valence-electron chi connectivity index (χ0n) is 13.7. The SMILES string of the molecule is CSc1cc2c(-n3c(=O)cc(C(F)(F)F)n(C)c3=O)coc2cc1[N+](=O)[O-]. The second-order valence-corrected chi connectivity index (χ2v) is 6.29. The number of hydrogen-bond donors (Lipinski definition) is 0. The molecule has 0 aliphatic carbocycles. The standard InChI is InChI=1S/C15H10F3N3O5S/c1-19-12(15(16,17)18)5-13(22)20(14(19)23)9-6-26-10-4-8(21(24)25)11(27-2)3-7(9)10/h3-6H,1-2H3. The molecule has 0 radical (unpaired) electrons. The molecular weight excluding hydrogens is 391 g/mol. The number of furan rings is 1. The van der Waals surface area contributed by atoms with E-state index in [1.807, 2.05) is 0 Å². The number of hydrogen-bond acceptors (Lipinski definition) is 6. The maximum absolute atomic E-state index is 13.0. The summed E-state index contributed by atoms with van der Waals surface area (Å²) in [6.07, 6.45) is -2.29. The van der Waals surface area contributed by atoms with Gasteiger partial charge in [-0.3, -0.25) is 19.5 Å². The molecule has 142 valence electrons. The largest absolute Gasteiger partial charge is 0.462 e. The van der Waals surface area contributed by atoms with E-state index in [9.17, 15) is 32.9 Å². The molecule has 0 spiro atoms. The van der Waals surface area contributed by atoms with Gasteiger partial charge in [0.05, 0.1) is 15.9 Å². The Hall–Kier alpha value is -3.02. The normalized spacial score (nSPS) is 11.9. The molecule has 1 aromatic carbocycles. The summed E-state index contributed by atoms with van der Waals surface area (Å²) >= 11 is 1.06. The molecule has 27 heavy (non-hydrogen) atoms. The van der Waals surface area contributed by atoms with Crippen LogP contribution in [0.5, 0.6) is 0 Å². The predicted octanol–water partition coefficient (Wildman–Crippen LogP) is 2.93. The van der Waals surface area contributed by atoms with Crippen molar-refractivity contribution in [1.29, 1.82) is 0 Å². The predicted molar refractivity (Wildman–Crippen MR) is 90.5 cm³/mol. The van der Waals surface area contributed by atoms with Crippen LogP contribution in [0.2, 0.25) is 0 Å². The molecule has 0 unspecified atom stereocenters. The van der Waals surface area contributed by atoms with E-state index >= 15 is 0 Å². The van der Waals surface area contributed by atoms with Crippen LogP contribution < -0.4 is 11.2 Å². The van der Waals surface area contributed by atoms with Crippen LogP contribution in [-0.2, 0) is 13.2 Å². The van der Waals surface area contributed by atoms with Crippen molar-refractivity contribution >= 4 is 28.4 Å². The summed E-state index contributed by atoms with van der Waals surface area (Å²) in [5.74, 6) is 0. The zero-order chi connectivity index (χ0) is 20.1. The highest BCUT2D eigenvalue weighted by Gasteiger charge is 2.35. The maximum atomic E-state index is 13.0. The maximum Gasteiger partial charge on any atom is 0.431 e. The van der Waals surface area contributed by atoms with E-state index in [4.69, 9.17) is 4.42 Å². The Kier molecular flexibility index (Phi) is 4.38. The second kappa shape index (κ2) is 6.30. The first kappa shape index (κ1) is 18.8. The van der Waals surface area contributed by atoms with E-state index in [-0.39, 0.29) is 27.2 Å². The molecule has 0 fully saturated rings. The summed E-state index contributed by atoms with van der Waals surface area (Å²) in [5.41, 5.74) is -4.12. The van der Waals surface area contributed by atoms with E-state index in [0.29, 0.717) is 15.2 Å². The first-order valence-corrected chi connectivity index (χ1v) is 8.43. The summed E-state index contributed by atoms with van der Waals surface area (Å²) in [5, 5.41) is 11.3. The molecule has 2 heterocycles. The lowest BCUT2D eigenvalue weighted by atomic mass is 10.2. The van der Waals surface area contributed by atoms with Gasteiger partial charge in [-0.1, -0.05) is 0 Å². The summed E-state index contributed by atoms with van der Waals surface area (Å²) in [6, 6.07) is 2.78. The van der Waals surface area contributed by atoms with Crippen molar-refractivity contribution in [1.82, 2.24) is 9.13 Å². The molecule has 0 bridgehead atoms. The van der Waals surface area contributed by atoms with Crippen molar-refractivity contribution in [2.75, 3.05) is 6.26 Å². The zero-order valence-corrected chi connectivity index (χ0v) is 14.6. The highest BCUT2D eigenvalue weighted by molar-refractivity contribution is 7.98. The number of rotatable bonds is 3. The third kappa shape index (κ3) is 3.01. The second-order valence-electron chi connectivity index (χ2n) is 5.44. The first-order valence-electron chi connectivity index (χ1n) is 7.20. The molecule has 12 heteroatoms. The summed E-state index contributed by atoms with van der Waals surface area (Å²) in [6.45, 7) is 0. The Morgan fingerprint density at radius 1 is 1.22 bits per heavy atom. The molecule has 0 saturated carbocycles. The van der Waals surface area contributed by atoms with E-state index in [0.717, 1.165) is 31.1 Å². The van der Waals surface area contributed by atoms with E-state index in [1.165, 1.54) is 6.07 Å². The fourth-order valence-electron chi connectivity index (χ4n) is 2.63. The van der Waals surface area contributed by atoms with Crippen LogP contribution in [0.25, 0.3) is 16.7 Å². The number of nitrogens with zero attached hydrogens (tertiary/aromatic N) is 3. The molecule has 2 aromatic heterocycles. The molecule has 0 amide bonds. The average molecular weight is 401 g/mol. The summed E-state index contributed by atoms with van der Waals surface area (Å²) in [7, 11) is 0.890. The van der Waals surface area contributed by atoms with E-state index in [1.54, 1.807) is 6.26 Å². The lowest BCUT2D eigenvalue weighted by Crippen LogP contribution is -2.40. The van der Waals surface area contributed by atoms with Crippen LogP contribution in [0.15, 0.2) is 43.4 Å². The first-order chi connectivity index (χ1) is 12.6. The van der Waals surface area contributed by atoms with Gasteiger partial charge in [0.25, 0.3) is 11.2 Å². The van der Waals surface area contributed by atoms with Crippen LogP contribution in [0.3, 0.4) is 0 Å². The third-order valence-corrected chi connectivity index (χ3v) is 4.67. The fraction of sp³-hybridized carbons (Fsp3) is 0.200. The quantitative estimate of drug-likeness (QED) is 0.380. The number of halogens is 3. The van der Waals surface area contributed by atoms with Gasteiger partial charge in [0.1, 0.15) is 23.2 Å². The lowest BCUT2D eigenvalue weighted by molar-refractivity contribution is -0.387. The molecule has 0 N–H and O–H groups in total. The van der Waals surface area contributed by atoms with Crippen molar-refractivity contribution in [3.8, 4) is 5.69 Å². The van der Waals surface area contributed by atoms with E-state index < -0.39 is 28.0 Å². The number of thioether (sulfide) groups is 1. The highest BCUT2D eigenvalue weighted by Crippen LogP contribution is 2.35. The number of nitro benzene ring substituents is 1. The number of fused-ring (bicyclic) bond motifs is 1. The summed E-state index contributed by atoms with van der Waals surface area (Å²) < 4.78 is 44.9. The molecular formula is C15H10F3N3O5S. The number of nitro groups is 1. The van der Waals surface area contributed by atoms with Gasteiger partial charge in [-0.2, -0.15) is 13.2 Å². The minimum Gasteiger partial charge on any atom is -0.462 e. The Morgan fingerprint density at radius 2 is 1.89 bits per heavy atom. The van der Waals surface area contributed by atoms with Gasteiger partial charge in [-0.25, -0.2) is 9.36 Å². The molecule has 0 saturated heterocycles. The van der Waals surface area contributed by atoms with Crippen molar-refractivity contribution in [2.24, 2.45) is 7.05 Å². The Morgan fingerprint density at radius 3 is 2.44 bits per heavy atom. The van der Waals surface area contributed by atoms with Gasteiger partial charge < -0.3 is 4.42 Å². The topological polar surface area (TPSA) is 100 Å². The van der Waals surface area contributed by atoms with Crippen molar-refractivity contribution in [3.05, 3.63) is 61.1 Å². The third-order valence-electron chi connectivity index (χ3n) is 3.90. The van der Waals surface area contributed by atoms with Crippen LogP contribution in [0.1, 0.15) is 5.69 Å². The van der Waals surface area contributed by atoms with Crippen LogP contribution in [0, 0.1) is 10.1 Å². The van der Waals surface area contributed by atoms with Gasteiger partial charge in [0.2, 0.25) is 0 Å². The minimum absolute atomic E-state index is 0.0170. The molecule has 8 nitrogen and oxygen atoms in total. The Bertz CT molecular complexity index is 1190. The molecule has 3 aromatic rings. The van der Waals surface area contributed by atoms with Crippen molar-refractivity contribution in [2.45, 2.75) is 11.1 Å². The van der Waals surface area contributed by atoms with Gasteiger partial charge in [0, 0.05) is 18.5 Å². The monoisotopic (exact) mass is 401 g/mol. The van der Waals surface area contributed by atoms with Gasteiger partial charge >= 0.3 is 11.9 Å². The minimum atomic E-state index is -4.88. The Labute approximate surface area is 152 Å². The highest BCUT2D eigenvalue weighted by atomic mass is 32.2. The summed E-state index contributed by atoms with van der Waals surface area (Å²) in [4.78, 5) is 35.4. The van der Waals surface area contributed by atoms with Crippen LogP contribution in [-0.4, -0.2) is 20.3 Å². The Balaban J connectivity index is 2.34. The molecule has 0 aliphatic rings. The van der Waals surface area contributed by atoms with Crippen molar-refractivity contribution < 1.29 is 22.5 Å². The fourth-order valence-corrected chi connectivity index (χ4v) is 3.21. The number of alkyl halides is 3. The smallest absolute Gasteiger partial charge is 0.431 e. The van der Waals surface area contributed by atoms with Gasteiger partial charge in [-0.15, -0.1) is 11.8 Å². The lowest BCUT2D eigenvalue weighted by Gasteiger charge is -2.13. The van der Waals surface area contributed by atoms with Crippen LogP contribution in [0.4, 0.5) is 18.9 Å². The van der Waals surface area contributed by atoms with Crippen molar-refractivity contribution in [3.63, 3.8) is 0 Å². The molecule has 3 rings (SSSR count). The molecule has 0 aliphatic heterocycles. The number of benzene rings is 1. The van der Waals surface area contributed by atoms with Crippen LogP contribution >= 0.6 is 11.8 Å². The average Bonchev–Trinajstić information content (AvgIpc) is 2.98. The van der Waals surface area contributed by atoms with Gasteiger partial charge in [0.15, 0.2) is 0 Å². The molecule has 0 atom stereocenters. The van der Waals surface area contributed by atoms with Gasteiger partial charge in [-0.05, 0) is 12.3 Å². The van der Waals surface area contributed by atoms with E-state index in [2.05, 4.69) is 0 Å². The number of aromatic nitrogens is 2.